The first-order valence-corrected chi connectivity index (χ1v) is 20.4. The lowest BCUT2D eigenvalue weighted by atomic mass is 10.0. The van der Waals surface area contributed by atoms with Crippen molar-refractivity contribution in [2.75, 3.05) is 31.8 Å². The molecular formula is C32H55N11O13S2. The van der Waals surface area contributed by atoms with Crippen molar-refractivity contribution < 1.29 is 63.1 Å². The maximum atomic E-state index is 13.6. The first kappa shape index (κ1) is 51.1. The molecule has 0 spiro atoms. The summed E-state index contributed by atoms with van der Waals surface area (Å²) in [5.74, 6) is -9.67. The number of nitrogens with one attached hydrogen (secondary N) is 7. The Kier molecular flexibility index (Phi) is 23.0. The standard InChI is InChI=1S/C32H55N11O13S2/c1-14(2)9-18-27(50)42-21(25(33)48)12-57-58-13-22(37-16(4)46)30(53)38-17(7-6-8-36-32(34)35)26(49)41-20(11-44)29(52)39-19(10-23(47)56-55-5)28(51)43-24(15(3)45)31(54)40-18/h14-15,17-22,24,44-45H,6-13H2,1-5H3,(H2,33,48)(H,37,46)(H,38,53)(H,39,52)(H,40,54)(H,41,49)(H,42,50)(H,43,51)(H4,34,35,36)/t15-,17+,18+,19+,20+,21+,22+,24+/m1/s1. The average molecular weight is 866 g/mol. The Morgan fingerprint density at radius 3 is 1.91 bits per heavy atom. The number of aliphatic hydroxyl groups excluding tert-OH is 2. The molecule has 15 N–H and O–H groups in total. The number of nitrogens with two attached hydrogens (primary N) is 3. The fraction of sp³-hybridized carbons (Fsp3) is 0.688. The van der Waals surface area contributed by atoms with Crippen molar-refractivity contribution in [1.82, 2.24) is 37.2 Å². The van der Waals surface area contributed by atoms with Crippen molar-refractivity contribution in [3.63, 3.8) is 0 Å². The SMILES string of the molecule is COOC(=O)C[C@@H]1NC(=O)[C@H](CO)NC(=O)[C@H](CCCN=C(N)N)NC(=O)[C@@H](NC(C)=O)CSSC[C@@H](C(N)=O)NC(=O)[C@H](CC(C)C)NC(=O)[C@H]([C@@H](C)O)NC1=O. The van der Waals surface area contributed by atoms with Crippen molar-refractivity contribution in [2.45, 2.75) is 102 Å². The fourth-order valence-electron chi connectivity index (χ4n) is 5.04. The van der Waals surface area contributed by atoms with E-state index in [0.29, 0.717) is 0 Å². The fourth-order valence-corrected chi connectivity index (χ4v) is 7.38. The van der Waals surface area contributed by atoms with Crippen molar-refractivity contribution in [2.24, 2.45) is 28.1 Å². The Labute approximate surface area is 342 Å². The molecule has 0 bridgehead atoms. The van der Waals surface area contributed by atoms with E-state index >= 15 is 0 Å². The Morgan fingerprint density at radius 2 is 1.36 bits per heavy atom. The van der Waals surface area contributed by atoms with Crippen LogP contribution in [-0.4, -0.2) is 150 Å². The third-order valence-electron chi connectivity index (χ3n) is 7.88. The minimum atomic E-state index is -1.88. The lowest BCUT2D eigenvalue weighted by molar-refractivity contribution is -0.255. The number of aliphatic imine (C=N–C) groups is 1. The summed E-state index contributed by atoms with van der Waals surface area (Å²) in [5, 5.41) is 37.2. The molecule has 1 aliphatic rings. The molecule has 0 aliphatic carbocycles. The van der Waals surface area contributed by atoms with Crippen LogP contribution in [0.4, 0.5) is 0 Å². The lowest BCUT2D eigenvalue weighted by Gasteiger charge is -2.28. The Hall–Kier alpha value is -4.92. The zero-order chi connectivity index (χ0) is 44.1. The molecule has 1 heterocycles. The Balaban J connectivity index is 3.75. The van der Waals surface area contributed by atoms with Gasteiger partial charge in [-0.3, -0.25) is 48.2 Å². The predicted octanol–water partition coefficient (Wildman–Crippen LogP) is -5.75. The molecule has 1 saturated heterocycles. The number of aliphatic hydroxyl groups is 2. The van der Waals surface area contributed by atoms with E-state index in [0.717, 1.165) is 42.5 Å². The monoisotopic (exact) mass is 865 g/mol. The number of rotatable bonds is 13. The number of carbonyl (C=O) groups is 9. The van der Waals surface area contributed by atoms with Gasteiger partial charge in [0, 0.05) is 25.0 Å². The summed E-state index contributed by atoms with van der Waals surface area (Å²) in [4.78, 5) is 131. The van der Waals surface area contributed by atoms with E-state index in [1.165, 1.54) is 0 Å². The summed E-state index contributed by atoms with van der Waals surface area (Å²) in [6, 6.07) is -10.8. The molecule has 0 radical (unpaired) electrons. The van der Waals surface area contributed by atoms with Crippen LogP contribution in [0.5, 0.6) is 0 Å². The number of hydrogen-bond acceptors (Lipinski definition) is 16. The molecule has 24 nitrogen and oxygen atoms in total. The first-order valence-electron chi connectivity index (χ1n) is 17.9. The molecule has 8 amide bonds. The zero-order valence-corrected chi connectivity index (χ0v) is 34.4. The van der Waals surface area contributed by atoms with Gasteiger partial charge in [-0.15, -0.1) is 0 Å². The van der Waals surface area contributed by atoms with Crippen LogP contribution in [0.3, 0.4) is 0 Å². The Bertz CT molecular complexity index is 1500. The van der Waals surface area contributed by atoms with Gasteiger partial charge in [0.2, 0.25) is 47.3 Å². The van der Waals surface area contributed by atoms with Gasteiger partial charge in [0.05, 0.1) is 26.2 Å². The third kappa shape index (κ3) is 19.0. The van der Waals surface area contributed by atoms with Gasteiger partial charge in [0.15, 0.2) is 5.96 Å². The summed E-state index contributed by atoms with van der Waals surface area (Å²) < 4.78 is 0. The summed E-state index contributed by atoms with van der Waals surface area (Å²) in [7, 11) is 3.00. The van der Waals surface area contributed by atoms with Crippen LogP contribution in [-0.2, 0) is 52.9 Å². The minimum Gasteiger partial charge on any atom is -0.394 e. The van der Waals surface area contributed by atoms with E-state index in [-0.39, 0.29) is 49.2 Å². The second kappa shape index (κ2) is 26.2. The molecule has 0 aromatic carbocycles. The highest BCUT2D eigenvalue weighted by Gasteiger charge is 2.36. The molecule has 58 heavy (non-hydrogen) atoms. The summed E-state index contributed by atoms with van der Waals surface area (Å²) in [6.07, 6.45) is -2.55. The highest BCUT2D eigenvalue weighted by Crippen LogP contribution is 2.23. The van der Waals surface area contributed by atoms with Crippen molar-refractivity contribution in [3.05, 3.63) is 0 Å². The van der Waals surface area contributed by atoms with Gasteiger partial charge in [-0.1, -0.05) is 35.4 Å². The van der Waals surface area contributed by atoms with Crippen LogP contribution in [0.15, 0.2) is 4.99 Å². The number of amides is 8. The summed E-state index contributed by atoms with van der Waals surface area (Å²) in [6.45, 7) is 4.72. The van der Waals surface area contributed by atoms with Gasteiger partial charge < -0.3 is 64.6 Å². The van der Waals surface area contributed by atoms with Gasteiger partial charge in [-0.25, -0.2) is 4.79 Å². The van der Waals surface area contributed by atoms with E-state index in [2.05, 4.69) is 52.0 Å². The topological polar surface area (TPSA) is 387 Å². The van der Waals surface area contributed by atoms with Crippen LogP contribution in [0.25, 0.3) is 0 Å². The Morgan fingerprint density at radius 1 is 0.810 bits per heavy atom. The van der Waals surface area contributed by atoms with E-state index in [9.17, 15) is 53.4 Å². The van der Waals surface area contributed by atoms with Crippen molar-refractivity contribution in [3.8, 4) is 0 Å². The van der Waals surface area contributed by atoms with E-state index in [1.807, 2.05) is 0 Å². The second-order valence-corrected chi connectivity index (χ2v) is 15.9. The molecule has 0 aromatic rings. The molecule has 1 rings (SSSR count). The predicted molar refractivity (Wildman–Crippen MR) is 209 cm³/mol. The van der Waals surface area contributed by atoms with Crippen LogP contribution in [0.1, 0.15) is 53.4 Å². The van der Waals surface area contributed by atoms with Gasteiger partial charge in [0.25, 0.3) is 0 Å². The first-order chi connectivity index (χ1) is 27.2. The number of guanidine groups is 1. The van der Waals surface area contributed by atoms with Crippen LogP contribution >= 0.6 is 21.6 Å². The van der Waals surface area contributed by atoms with Crippen LogP contribution in [0, 0.1) is 5.92 Å². The van der Waals surface area contributed by atoms with E-state index in [4.69, 9.17) is 17.2 Å². The maximum Gasteiger partial charge on any atom is 0.344 e. The molecule has 0 aromatic heterocycles. The molecule has 0 unspecified atom stereocenters. The number of primary amides is 1. The van der Waals surface area contributed by atoms with E-state index < -0.39 is 115 Å². The largest absolute Gasteiger partial charge is 0.394 e. The molecule has 1 aliphatic heterocycles. The molecule has 328 valence electrons. The average Bonchev–Trinajstić information content (AvgIpc) is 3.12. The number of hydrogen-bond donors (Lipinski definition) is 12. The smallest absolute Gasteiger partial charge is 0.344 e. The molecular weight excluding hydrogens is 811 g/mol. The lowest BCUT2D eigenvalue weighted by Crippen LogP contribution is -2.62. The van der Waals surface area contributed by atoms with Gasteiger partial charge in [0.1, 0.15) is 42.3 Å². The van der Waals surface area contributed by atoms with Crippen molar-refractivity contribution >= 4 is 80.8 Å². The van der Waals surface area contributed by atoms with E-state index in [1.54, 1.807) is 13.8 Å². The van der Waals surface area contributed by atoms with Gasteiger partial charge >= 0.3 is 5.97 Å². The second-order valence-electron chi connectivity index (χ2n) is 13.3. The molecule has 26 heteroatoms. The van der Waals surface area contributed by atoms with Gasteiger partial charge in [-0.05, 0) is 32.1 Å². The quantitative estimate of drug-likeness (QED) is 0.0205. The zero-order valence-electron chi connectivity index (χ0n) is 32.7. The highest BCUT2D eigenvalue weighted by molar-refractivity contribution is 8.76. The molecule has 1 fully saturated rings. The highest BCUT2D eigenvalue weighted by atomic mass is 33.1. The minimum absolute atomic E-state index is 0.0170. The summed E-state index contributed by atoms with van der Waals surface area (Å²) >= 11 is 0. The number of nitrogens with zero attached hydrogens (tertiary/aromatic N) is 1. The molecule has 8 atom stereocenters. The maximum absolute atomic E-state index is 13.6. The van der Waals surface area contributed by atoms with Crippen LogP contribution in [0.2, 0.25) is 0 Å². The molecule has 0 saturated carbocycles. The van der Waals surface area contributed by atoms with Crippen LogP contribution < -0.4 is 54.4 Å². The van der Waals surface area contributed by atoms with Crippen molar-refractivity contribution in [1.29, 1.82) is 0 Å². The third-order valence-corrected chi connectivity index (χ3v) is 10.3. The summed E-state index contributed by atoms with van der Waals surface area (Å²) in [5.41, 5.74) is 16.3. The van der Waals surface area contributed by atoms with Gasteiger partial charge in [-0.2, -0.15) is 4.89 Å². The number of carbonyl (C=O) groups excluding carboxylic acids is 9. The normalized spacial score (nSPS) is 25.3.